The van der Waals surface area contributed by atoms with Gasteiger partial charge in [0.1, 0.15) is 11.7 Å². The lowest BCUT2D eigenvalue weighted by atomic mass is 9.94. The molecule has 1 fully saturated rings. The van der Waals surface area contributed by atoms with Crippen LogP contribution in [0.25, 0.3) is 0 Å². The summed E-state index contributed by atoms with van der Waals surface area (Å²) in [6.45, 7) is 3.93. The Labute approximate surface area is 218 Å². The molecular formula is C29H34N4O4. The number of hydrogen-bond donors (Lipinski definition) is 1. The summed E-state index contributed by atoms with van der Waals surface area (Å²) in [6, 6.07) is 10.2. The van der Waals surface area contributed by atoms with E-state index >= 15 is 0 Å². The largest absolute Gasteiger partial charge is 0.493 e. The Morgan fingerprint density at radius 1 is 0.946 bits per heavy atom. The molecule has 3 aromatic rings. The topological polar surface area (TPSA) is 93.7 Å². The molecule has 0 saturated heterocycles. The molecule has 0 aliphatic heterocycles. The van der Waals surface area contributed by atoms with Crippen LogP contribution in [0.3, 0.4) is 0 Å². The lowest BCUT2D eigenvalue weighted by Crippen LogP contribution is -2.47. The van der Waals surface area contributed by atoms with E-state index in [2.05, 4.69) is 15.3 Å². The third-order valence-corrected chi connectivity index (χ3v) is 6.67. The van der Waals surface area contributed by atoms with Crippen LogP contribution in [0.2, 0.25) is 0 Å². The van der Waals surface area contributed by atoms with Crippen molar-refractivity contribution in [1.29, 1.82) is 0 Å². The maximum atomic E-state index is 14.1. The molecule has 1 aliphatic rings. The Balaban J connectivity index is 1.88. The summed E-state index contributed by atoms with van der Waals surface area (Å²) in [4.78, 5) is 38.0. The third kappa shape index (κ3) is 6.07. The van der Waals surface area contributed by atoms with Crippen LogP contribution < -0.4 is 19.7 Å². The van der Waals surface area contributed by atoms with Crippen molar-refractivity contribution in [1.82, 2.24) is 15.3 Å². The van der Waals surface area contributed by atoms with Gasteiger partial charge in [-0.1, -0.05) is 31.4 Å². The van der Waals surface area contributed by atoms with Crippen LogP contribution in [0.1, 0.15) is 65.3 Å². The van der Waals surface area contributed by atoms with Gasteiger partial charge in [0.2, 0.25) is 5.91 Å². The number of rotatable bonds is 8. The van der Waals surface area contributed by atoms with Crippen LogP contribution in [0.4, 0.5) is 5.69 Å². The summed E-state index contributed by atoms with van der Waals surface area (Å²) in [7, 11) is 3.11. The molecule has 1 aliphatic carbocycles. The Hall–Kier alpha value is -3.94. The van der Waals surface area contributed by atoms with E-state index in [0.717, 1.165) is 36.8 Å². The summed E-state index contributed by atoms with van der Waals surface area (Å²) in [5, 5.41) is 3.23. The molecule has 1 heterocycles. The lowest BCUT2D eigenvalue weighted by molar-refractivity contribution is -0.123. The van der Waals surface area contributed by atoms with Crippen molar-refractivity contribution in [3.63, 3.8) is 0 Å². The first kappa shape index (κ1) is 26.1. The number of benzene rings is 2. The first-order valence-electron chi connectivity index (χ1n) is 12.6. The molecule has 1 N–H and O–H groups in total. The van der Waals surface area contributed by atoms with Gasteiger partial charge in [-0.15, -0.1) is 0 Å². The highest BCUT2D eigenvalue weighted by Gasteiger charge is 2.36. The number of nitrogens with zero attached hydrogens (tertiary/aromatic N) is 3. The first-order chi connectivity index (χ1) is 17.9. The highest BCUT2D eigenvalue weighted by atomic mass is 16.5. The van der Waals surface area contributed by atoms with Crippen LogP contribution in [-0.4, -0.2) is 42.0 Å². The zero-order valence-electron chi connectivity index (χ0n) is 21.9. The second kappa shape index (κ2) is 11.9. The molecule has 0 bridgehead atoms. The summed E-state index contributed by atoms with van der Waals surface area (Å²) >= 11 is 0. The van der Waals surface area contributed by atoms with E-state index in [1.54, 1.807) is 32.4 Å². The number of carbonyl (C=O) groups excluding carboxylic acids is 2. The highest BCUT2D eigenvalue weighted by Crippen LogP contribution is 2.36. The molecule has 0 spiro atoms. The summed E-state index contributed by atoms with van der Waals surface area (Å²) in [5.74, 6) is 0.339. The maximum Gasteiger partial charge on any atom is 0.279 e. The lowest BCUT2D eigenvalue weighted by Gasteiger charge is -2.33. The fraction of sp³-hybridized carbons (Fsp3) is 0.379. The number of aromatic nitrogens is 2. The summed E-state index contributed by atoms with van der Waals surface area (Å²) < 4.78 is 11.0. The van der Waals surface area contributed by atoms with E-state index in [0.29, 0.717) is 22.7 Å². The van der Waals surface area contributed by atoms with Crippen molar-refractivity contribution in [3.05, 3.63) is 77.4 Å². The van der Waals surface area contributed by atoms with Gasteiger partial charge in [0.05, 0.1) is 20.4 Å². The normalized spacial score (nSPS) is 14.5. The van der Waals surface area contributed by atoms with Crippen molar-refractivity contribution in [2.24, 2.45) is 0 Å². The minimum Gasteiger partial charge on any atom is -0.493 e. The SMILES string of the molecule is COc1ccc([C@H](C(=O)NC2CCCCC2)N(C(=O)c2cnccn2)c2cc(C)cc(C)c2)cc1OC. The highest BCUT2D eigenvalue weighted by molar-refractivity contribution is 6.09. The molecule has 8 nitrogen and oxygen atoms in total. The second-order valence-corrected chi connectivity index (χ2v) is 9.47. The van der Waals surface area contributed by atoms with Crippen LogP contribution in [0, 0.1) is 13.8 Å². The van der Waals surface area contributed by atoms with Crippen LogP contribution in [-0.2, 0) is 4.79 Å². The number of carbonyl (C=O) groups is 2. The minimum atomic E-state index is -0.975. The molecule has 2 aromatic carbocycles. The van der Waals surface area contributed by atoms with Crippen LogP contribution in [0.15, 0.2) is 55.0 Å². The molecule has 4 rings (SSSR count). The summed E-state index contributed by atoms with van der Waals surface area (Å²) in [6.07, 6.45) is 9.57. The summed E-state index contributed by atoms with van der Waals surface area (Å²) in [5.41, 5.74) is 3.31. The molecule has 1 aromatic heterocycles. The quantitative estimate of drug-likeness (QED) is 0.469. The smallest absolute Gasteiger partial charge is 0.279 e. The van der Waals surface area contributed by atoms with Gasteiger partial charge in [-0.2, -0.15) is 0 Å². The zero-order valence-corrected chi connectivity index (χ0v) is 21.9. The Morgan fingerprint density at radius 3 is 2.27 bits per heavy atom. The van der Waals surface area contributed by atoms with Crippen molar-refractivity contribution in [2.45, 2.75) is 58.0 Å². The maximum absolute atomic E-state index is 14.1. The van der Waals surface area contributed by atoms with Crippen LogP contribution in [0.5, 0.6) is 11.5 Å². The van der Waals surface area contributed by atoms with Crippen LogP contribution >= 0.6 is 0 Å². The predicted molar refractivity (Wildman–Crippen MR) is 142 cm³/mol. The number of ether oxygens (including phenoxy) is 2. The molecule has 194 valence electrons. The monoisotopic (exact) mass is 502 g/mol. The fourth-order valence-electron chi connectivity index (χ4n) is 4.97. The first-order valence-corrected chi connectivity index (χ1v) is 12.6. The molecule has 37 heavy (non-hydrogen) atoms. The van der Waals surface area contributed by atoms with E-state index in [-0.39, 0.29) is 17.6 Å². The Kier molecular flexibility index (Phi) is 8.38. The van der Waals surface area contributed by atoms with E-state index < -0.39 is 11.9 Å². The van der Waals surface area contributed by atoms with E-state index in [4.69, 9.17) is 9.47 Å². The zero-order chi connectivity index (χ0) is 26.4. The molecule has 1 saturated carbocycles. The average molecular weight is 503 g/mol. The average Bonchev–Trinajstić information content (AvgIpc) is 2.91. The number of amides is 2. The molecule has 0 unspecified atom stereocenters. The van der Waals surface area contributed by atoms with Gasteiger partial charge in [-0.25, -0.2) is 4.98 Å². The van der Waals surface area contributed by atoms with Gasteiger partial charge in [-0.05, 0) is 67.6 Å². The fourth-order valence-corrected chi connectivity index (χ4v) is 4.97. The number of nitrogens with one attached hydrogen (secondary N) is 1. The van der Waals surface area contributed by atoms with E-state index in [9.17, 15) is 9.59 Å². The second-order valence-electron chi connectivity index (χ2n) is 9.47. The minimum absolute atomic E-state index is 0.0663. The van der Waals surface area contributed by atoms with E-state index in [1.165, 1.54) is 29.9 Å². The molecular weight excluding hydrogens is 468 g/mol. The van der Waals surface area contributed by atoms with Gasteiger partial charge in [-0.3, -0.25) is 19.5 Å². The number of hydrogen-bond acceptors (Lipinski definition) is 6. The molecule has 1 atom stereocenters. The van der Waals surface area contributed by atoms with Crippen molar-refractivity contribution in [3.8, 4) is 11.5 Å². The Morgan fingerprint density at radius 2 is 1.65 bits per heavy atom. The van der Waals surface area contributed by atoms with Gasteiger partial charge in [0, 0.05) is 24.1 Å². The van der Waals surface area contributed by atoms with Gasteiger partial charge in [0.15, 0.2) is 11.5 Å². The molecule has 2 amide bonds. The third-order valence-electron chi connectivity index (χ3n) is 6.67. The van der Waals surface area contributed by atoms with Gasteiger partial charge in [0.25, 0.3) is 5.91 Å². The molecule has 0 radical (unpaired) electrons. The van der Waals surface area contributed by atoms with E-state index in [1.807, 2.05) is 32.0 Å². The number of methoxy groups -OCH3 is 2. The molecule has 8 heteroatoms. The van der Waals surface area contributed by atoms with Crippen molar-refractivity contribution in [2.75, 3.05) is 19.1 Å². The standard InChI is InChI=1S/C29H34N4O4/c1-19-14-20(2)16-23(15-19)33(29(35)24-18-30-12-13-31-24)27(28(34)32-22-8-6-5-7-9-22)21-10-11-25(36-3)26(17-21)37-4/h10-18,22,27H,5-9H2,1-4H3,(H,32,34)/t27-/m1/s1. The predicted octanol–water partition coefficient (Wildman–Crippen LogP) is 4.95. The Bertz CT molecular complexity index is 1220. The number of anilines is 1. The van der Waals surface area contributed by atoms with Crippen molar-refractivity contribution >= 4 is 17.5 Å². The number of aryl methyl sites for hydroxylation is 2. The van der Waals surface area contributed by atoms with Crippen molar-refractivity contribution < 1.29 is 19.1 Å². The van der Waals surface area contributed by atoms with Gasteiger partial charge >= 0.3 is 0 Å². The van der Waals surface area contributed by atoms with Gasteiger partial charge < -0.3 is 14.8 Å².